The molecule has 9 heteroatoms. The molecule has 8 nitrogen and oxygen atoms in total. The lowest BCUT2D eigenvalue weighted by molar-refractivity contribution is -0.931. The monoisotopic (exact) mass is 671 g/mol. The van der Waals surface area contributed by atoms with E-state index in [4.69, 9.17) is 40.0 Å². The summed E-state index contributed by atoms with van der Waals surface area (Å²) in [7, 11) is 11.1. The summed E-state index contributed by atoms with van der Waals surface area (Å²) in [5.74, 6) is 5.28. The molecule has 4 aromatic rings. The summed E-state index contributed by atoms with van der Waals surface area (Å²) in [5.41, 5.74) is 7.03. The molecule has 0 saturated carbocycles. The van der Waals surface area contributed by atoms with E-state index < -0.39 is 0 Å². The maximum Gasteiger partial charge on any atom is 0.204 e. The second-order valence-electron chi connectivity index (χ2n) is 13.3. The second kappa shape index (κ2) is 13.1. The van der Waals surface area contributed by atoms with Crippen LogP contribution in [0.5, 0.6) is 46.0 Å². The van der Waals surface area contributed by atoms with Crippen LogP contribution in [0.3, 0.4) is 0 Å². The third-order valence-corrected chi connectivity index (χ3v) is 11.0. The highest BCUT2D eigenvalue weighted by Gasteiger charge is 2.40. The summed E-state index contributed by atoms with van der Waals surface area (Å²) in [6.45, 7) is 1.81. The van der Waals surface area contributed by atoms with Crippen molar-refractivity contribution in [1.29, 1.82) is 0 Å². The van der Waals surface area contributed by atoms with Gasteiger partial charge in [0.2, 0.25) is 5.75 Å². The van der Waals surface area contributed by atoms with E-state index in [2.05, 4.69) is 61.5 Å². The number of ether oxygens (including phenoxy) is 6. The average molecular weight is 672 g/mol. The van der Waals surface area contributed by atoms with Crippen molar-refractivity contribution in [3.8, 4) is 46.0 Å². The Morgan fingerprint density at radius 3 is 2.19 bits per heavy atom. The molecule has 0 aliphatic carbocycles. The number of quaternary nitrogens is 1. The fourth-order valence-corrected chi connectivity index (χ4v) is 7.95. The molecule has 4 aromatic carbocycles. The van der Waals surface area contributed by atoms with Gasteiger partial charge in [-0.2, -0.15) is 0 Å². The van der Waals surface area contributed by atoms with E-state index in [1.165, 1.54) is 22.3 Å². The summed E-state index contributed by atoms with van der Waals surface area (Å²) in [6, 6.07) is 21.5. The molecule has 4 aliphatic rings. The molecular formula is C39H44ClN2O6+. The fourth-order valence-electron chi connectivity index (χ4n) is 7.66. The van der Waals surface area contributed by atoms with Gasteiger partial charge in [-0.3, -0.25) is 4.90 Å². The first-order chi connectivity index (χ1) is 23.3. The van der Waals surface area contributed by atoms with Crippen LogP contribution < -0.4 is 28.4 Å². The first-order valence-electron chi connectivity index (χ1n) is 16.5. The van der Waals surface area contributed by atoms with Gasteiger partial charge in [-0.1, -0.05) is 29.8 Å². The van der Waals surface area contributed by atoms with Crippen molar-refractivity contribution >= 4 is 11.6 Å². The van der Waals surface area contributed by atoms with Crippen molar-refractivity contribution in [2.45, 2.75) is 37.8 Å². The lowest BCUT2D eigenvalue weighted by Gasteiger charge is -2.44. The average Bonchev–Trinajstić information content (AvgIpc) is 3.10. The molecule has 48 heavy (non-hydrogen) atoms. The molecule has 3 atom stereocenters. The van der Waals surface area contributed by atoms with Gasteiger partial charge in [-0.05, 0) is 84.6 Å². The van der Waals surface area contributed by atoms with Crippen LogP contribution in [0.4, 0.5) is 0 Å². The highest BCUT2D eigenvalue weighted by atomic mass is 35.5. The van der Waals surface area contributed by atoms with E-state index >= 15 is 0 Å². The van der Waals surface area contributed by atoms with Gasteiger partial charge >= 0.3 is 0 Å². The van der Waals surface area contributed by atoms with Crippen LogP contribution in [0.15, 0.2) is 60.7 Å². The number of nitrogens with zero attached hydrogens (tertiary/aromatic N) is 2. The van der Waals surface area contributed by atoms with Gasteiger partial charge in [0.15, 0.2) is 40.5 Å². The SMILES string of the molecule is COc1ccc2cc1Oc1ccc(cc1)C[C@H]1c3cc(c(OC)cc3CC[N+]1(C)CCl)Oc1c(OC)c(OC)cc3c1[C@H](C2)N(C)CC3. The molecule has 0 aromatic heterocycles. The third-order valence-electron chi connectivity index (χ3n) is 10.5. The van der Waals surface area contributed by atoms with Crippen molar-refractivity contribution in [2.24, 2.45) is 0 Å². The summed E-state index contributed by atoms with van der Waals surface area (Å²) in [5, 5.41) is 0. The molecule has 6 bridgehead atoms. The van der Waals surface area contributed by atoms with E-state index in [1.807, 2.05) is 18.2 Å². The molecule has 0 radical (unpaired) electrons. The van der Waals surface area contributed by atoms with Gasteiger partial charge < -0.3 is 32.9 Å². The van der Waals surface area contributed by atoms with Crippen LogP contribution in [-0.4, -0.2) is 71.0 Å². The molecular weight excluding hydrogens is 628 g/mol. The Balaban J connectivity index is 1.48. The van der Waals surface area contributed by atoms with E-state index in [9.17, 15) is 0 Å². The van der Waals surface area contributed by atoms with E-state index in [0.717, 1.165) is 49.2 Å². The molecule has 4 aliphatic heterocycles. The molecule has 0 N–H and O–H groups in total. The van der Waals surface area contributed by atoms with Crippen molar-refractivity contribution in [2.75, 3.05) is 61.6 Å². The standard InChI is InChI=1S/C39H44ClN2O6/c1-41-15-13-27-21-36(45-5)38(46-6)39-37(27)30(41)17-25-9-12-32(43-3)34(19-25)47-28-10-7-24(8-11-28)18-31-29-22-35(48-39)33(44-4)20-26(29)14-16-42(31,2)23-40/h7-12,19-22,30-31H,13-18,23H2,1-6H3/q+1/t30-,31-,42?/m0/s1. The zero-order valence-corrected chi connectivity index (χ0v) is 29.4. The van der Waals surface area contributed by atoms with E-state index in [-0.39, 0.29) is 12.1 Å². The van der Waals surface area contributed by atoms with Gasteiger partial charge in [0.1, 0.15) is 11.8 Å². The Morgan fingerprint density at radius 1 is 0.771 bits per heavy atom. The quantitative estimate of drug-likeness (QED) is 0.122. The van der Waals surface area contributed by atoms with E-state index in [0.29, 0.717) is 57.2 Å². The summed E-state index contributed by atoms with van der Waals surface area (Å²) in [6.07, 6.45) is 3.25. The molecule has 4 heterocycles. The third kappa shape index (κ3) is 5.70. The topological polar surface area (TPSA) is 58.6 Å². The molecule has 1 unspecified atom stereocenters. The van der Waals surface area contributed by atoms with E-state index in [1.54, 1.807) is 28.4 Å². The zero-order chi connectivity index (χ0) is 33.6. The summed E-state index contributed by atoms with van der Waals surface area (Å²) >= 11 is 6.76. The summed E-state index contributed by atoms with van der Waals surface area (Å²) < 4.78 is 38.0. The molecule has 0 spiro atoms. The first-order valence-corrected chi connectivity index (χ1v) is 17.0. The Bertz CT molecular complexity index is 1830. The van der Waals surface area contributed by atoms with Crippen LogP contribution in [0.25, 0.3) is 0 Å². The van der Waals surface area contributed by atoms with Gasteiger partial charge in [-0.25, -0.2) is 0 Å². The van der Waals surface area contributed by atoms with Gasteiger partial charge in [-0.15, -0.1) is 0 Å². The largest absolute Gasteiger partial charge is 0.493 e. The number of hydrogen-bond acceptors (Lipinski definition) is 7. The minimum atomic E-state index is -0.0180. The van der Waals surface area contributed by atoms with Crippen molar-refractivity contribution in [3.05, 3.63) is 94.0 Å². The predicted octanol–water partition coefficient (Wildman–Crippen LogP) is 7.87. The van der Waals surface area contributed by atoms with Gasteiger partial charge in [0.05, 0.1) is 42.0 Å². The fraction of sp³-hybridized carbons (Fsp3) is 0.385. The Labute approximate surface area is 288 Å². The van der Waals surface area contributed by atoms with Crippen molar-refractivity contribution < 1.29 is 32.9 Å². The van der Waals surface area contributed by atoms with Crippen LogP contribution in [0.2, 0.25) is 0 Å². The van der Waals surface area contributed by atoms with Crippen LogP contribution in [0, 0.1) is 0 Å². The Morgan fingerprint density at radius 2 is 1.48 bits per heavy atom. The number of halogens is 1. The van der Waals surface area contributed by atoms with Crippen LogP contribution in [-0.2, 0) is 25.7 Å². The van der Waals surface area contributed by atoms with Gasteiger partial charge in [0, 0.05) is 36.6 Å². The first kappa shape index (κ1) is 32.4. The predicted molar refractivity (Wildman–Crippen MR) is 187 cm³/mol. The number of methoxy groups -OCH3 is 4. The van der Waals surface area contributed by atoms with Crippen molar-refractivity contribution in [1.82, 2.24) is 4.90 Å². The highest BCUT2D eigenvalue weighted by molar-refractivity contribution is 6.17. The second-order valence-corrected chi connectivity index (χ2v) is 13.5. The zero-order valence-electron chi connectivity index (χ0n) is 28.6. The molecule has 0 amide bonds. The minimum Gasteiger partial charge on any atom is -0.493 e. The van der Waals surface area contributed by atoms with Crippen LogP contribution in [0.1, 0.15) is 45.5 Å². The number of benzene rings is 4. The number of fused-ring (bicyclic) bond motifs is 2. The van der Waals surface area contributed by atoms with Gasteiger partial charge in [0.25, 0.3) is 0 Å². The highest BCUT2D eigenvalue weighted by Crippen LogP contribution is 2.52. The molecule has 252 valence electrons. The molecule has 0 saturated heterocycles. The smallest absolute Gasteiger partial charge is 0.204 e. The Hall–Kier alpha value is -4.11. The number of likely N-dealkylation sites (N-methyl/N-ethyl adjacent to an activating group) is 2. The summed E-state index contributed by atoms with van der Waals surface area (Å²) in [4.78, 5) is 2.38. The number of hydrogen-bond donors (Lipinski definition) is 0. The molecule has 0 fully saturated rings. The maximum atomic E-state index is 7.07. The minimum absolute atomic E-state index is 0.0180. The normalized spacial score (nSPS) is 21.6. The lowest BCUT2D eigenvalue weighted by Crippen LogP contribution is -2.51. The number of rotatable bonds is 5. The van der Waals surface area contributed by atoms with Crippen LogP contribution >= 0.6 is 11.6 Å². The lowest BCUT2D eigenvalue weighted by atomic mass is 9.86. The molecule has 8 rings (SSSR count). The number of alkyl halides is 1. The van der Waals surface area contributed by atoms with Crippen molar-refractivity contribution in [3.63, 3.8) is 0 Å². The Kier molecular flexibility index (Phi) is 8.83. The maximum absolute atomic E-state index is 7.07.